The lowest BCUT2D eigenvalue weighted by atomic mass is 9.81. The molecular formula is C23H19F4NO2S. The summed E-state index contributed by atoms with van der Waals surface area (Å²) in [5.74, 6) is -4.21. The molecule has 8 heteroatoms. The van der Waals surface area contributed by atoms with Gasteiger partial charge in [0.2, 0.25) is 0 Å². The van der Waals surface area contributed by atoms with Crippen LogP contribution in [0.5, 0.6) is 0 Å². The highest BCUT2D eigenvalue weighted by Gasteiger charge is 2.49. The molecule has 0 spiro atoms. The van der Waals surface area contributed by atoms with Crippen LogP contribution in [-0.2, 0) is 9.84 Å². The summed E-state index contributed by atoms with van der Waals surface area (Å²) in [6.45, 7) is -0.112. The lowest BCUT2D eigenvalue weighted by Gasteiger charge is -2.36. The van der Waals surface area contributed by atoms with Crippen LogP contribution in [0.3, 0.4) is 0 Å². The number of halogens is 4. The first-order chi connectivity index (χ1) is 14.6. The third-order valence-electron chi connectivity index (χ3n) is 5.48. The van der Waals surface area contributed by atoms with E-state index in [4.69, 9.17) is 0 Å². The number of sulfone groups is 1. The molecule has 0 bridgehead atoms. The lowest BCUT2D eigenvalue weighted by Crippen LogP contribution is -2.40. The molecule has 31 heavy (non-hydrogen) atoms. The third kappa shape index (κ3) is 4.44. The number of nitrogens with one attached hydrogen (secondary N) is 1. The Labute approximate surface area is 177 Å². The second kappa shape index (κ2) is 8.00. The van der Waals surface area contributed by atoms with Crippen LogP contribution in [0.2, 0.25) is 0 Å². The maximum Gasteiger partial charge on any atom is 0.396 e. The average Bonchev–Trinajstić information content (AvgIpc) is 2.73. The fourth-order valence-corrected chi connectivity index (χ4v) is 5.66. The Hall–Kier alpha value is -2.87. The van der Waals surface area contributed by atoms with E-state index in [1.807, 2.05) is 0 Å². The summed E-state index contributed by atoms with van der Waals surface area (Å²) < 4.78 is 81.3. The molecule has 0 radical (unpaired) electrons. The first-order valence-electron chi connectivity index (χ1n) is 9.63. The Balaban J connectivity index is 1.73. The summed E-state index contributed by atoms with van der Waals surface area (Å²) >= 11 is 0. The molecule has 3 nitrogen and oxygen atoms in total. The van der Waals surface area contributed by atoms with E-state index in [1.54, 1.807) is 18.2 Å². The number of hydrogen-bond acceptors (Lipinski definition) is 3. The Morgan fingerprint density at radius 1 is 0.903 bits per heavy atom. The van der Waals surface area contributed by atoms with Gasteiger partial charge in [0.25, 0.3) is 0 Å². The number of fused-ring (bicyclic) bond motifs is 1. The van der Waals surface area contributed by atoms with Crippen LogP contribution in [0.15, 0.2) is 77.7 Å². The maximum atomic E-state index is 14.2. The van der Waals surface area contributed by atoms with Gasteiger partial charge in [-0.1, -0.05) is 36.4 Å². The van der Waals surface area contributed by atoms with E-state index in [-0.39, 0.29) is 17.0 Å². The number of alkyl halides is 3. The van der Waals surface area contributed by atoms with Crippen molar-refractivity contribution in [1.29, 1.82) is 0 Å². The molecule has 3 aromatic carbocycles. The van der Waals surface area contributed by atoms with Crippen molar-refractivity contribution in [1.82, 2.24) is 0 Å². The van der Waals surface area contributed by atoms with E-state index >= 15 is 0 Å². The van der Waals surface area contributed by atoms with Crippen molar-refractivity contribution in [3.05, 3.63) is 84.2 Å². The normalized spacial score (nSPS) is 18.8. The van der Waals surface area contributed by atoms with Crippen LogP contribution in [0, 0.1) is 11.7 Å². The van der Waals surface area contributed by atoms with Gasteiger partial charge in [0.1, 0.15) is 5.82 Å². The molecule has 0 aliphatic carbocycles. The highest BCUT2D eigenvalue weighted by molar-refractivity contribution is 7.91. The van der Waals surface area contributed by atoms with Crippen LogP contribution in [0.4, 0.5) is 23.2 Å². The summed E-state index contributed by atoms with van der Waals surface area (Å²) in [5, 5.41) is 2.95. The van der Waals surface area contributed by atoms with Crippen LogP contribution >= 0.6 is 0 Å². The SMILES string of the molecule is O=S(=O)(CC1CNc2ccc(-c3ccc(F)cc3)cc2C1C(F)(F)F)c1ccccc1. The predicted octanol–water partition coefficient (Wildman–Crippen LogP) is 5.65. The number of hydrogen-bond donors (Lipinski definition) is 1. The minimum absolute atomic E-state index is 0.00165. The molecule has 1 N–H and O–H groups in total. The van der Waals surface area contributed by atoms with Gasteiger partial charge in [0, 0.05) is 18.2 Å². The van der Waals surface area contributed by atoms with Crippen molar-refractivity contribution in [2.45, 2.75) is 17.0 Å². The highest BCUT2D eigenvalue weighted by Crippen LogP contribution is 2.47. The Morgan fingerprint density at radius 2 is 1.55 bits per heavy atom. The molecule has 1 heterocycles. The quantitative estimate of drug-likeness (QED) is 0.524. The average molecular weight is 449 g/mol. The standard InChI is InChI=1S/C23H19F4NO2S/c24-18-9-6-15(7-10-18)16-8-11-21-20(12-16)22(23(25,26)27)17(13-28-21)14-31(29,30)19-4-2-1-3-5-19/h1-12,17,22,28H,13-14H2. The second-order valence-corrected chi connectivity index (χ2v) is 9.60. The zero-order chi connectivity index (χ0) is 22.2. The molecule has 1 aliphatic heterocycles. The first kappa shape index (κ1) is 21.4. The summed E-state index contributed by atoms with van der Waals surface area (Å²) in [5.41, 5.74) is 1.39. The van der Waals surface area contributed by atoms with Gasteiger partial charge in [-0.2, -0.15) is 13.2 Å². The fraction of sp³-hybridized carbons (Fsp3) is 0.217. The molecule has 2 atom stereocenters. The van der Waals surface area contributed by atoms with E-state index in [2.05, 4.69) is 5.32 Å². The number of anilines is 1. The summed E-state index contributed by atoms with van der Waals surface area (Å²) in [6, 6.07) is 17.6. The van der Waals surface area contributed by atoms with Crippen molar-refractivity contribution in [2.24, 2.45) is 5.92 Å². The highest BCUT2D eigenvalue weighted by atomic mass is 32.2. The van der Waals surface area contributed by atoms with Crippen molar-refractivity contribution < 1.29 is 26.0 Å². The van der Waals surface area contributed by atoms with Crippen LogP contribution in [0.1, 0.15) is 11.5 Å². The zero-order valence-electron chi connectivity index (χ0n) is 16.2. The Bertz CT molecular complexity index is 1180. The van der Waals surface area contributed by atoms with Gasteiger partial charge in [-0.25, -0.2) is 12.8 Å². The molecule has 3 aromatic rings. The molecule has 1 aliphatic rings. The van der Waals surface area contributed by atoms with Gasteiger partial charge < -0.3 is 5.32 Å². The van der Waals surface area contributed by atoms with Crippen LogP contribution < -0.4 is 5.32 Å². The number of benzene rings is 3. The molecule has 162 valence electrons. The molecule has 0 fully saturated rings. The van der Waals surface area contributed by atoms with E-state index in [0.717, 1.165) is 0 Å². The Morgan fingerprint density at radius 3 is 2.19 bits per heavy atom. The third-order valence-corrected chi connectivity index (χ3v) is 7.34. The summed E-state index contributed by atoms with van der Waals surface area (Å²) in [7, 11) is -3.90. The topological polar surface area (TPSA) is 46.2 Å². The number of rotatable bonds is 4. The molecule has 2 unspecified atom stereocenters. The van der Waals surface area contributed by atoms with Crippen molar-refractivity contribution >= 4 is 15.5 Å². The smallest absolute Gasteiger partial charge is 0.384 e. The molecule has 0 amide bonds. The fourth-order valence-electron chi connectivity index (χ4n) is 4.02. The van der Waals surface area contributed by atoms with E-state index in [9.17, 15) is 26.0 Å². The van der Waals surface area contributed by atoms with Crippen molar-refractivity contribution in [3.8, 4) is 11.1 Å². The largest absolute Gasteiger partial charge is 0.396 e. The second-order valence-electron chi connectivity index (χ2n) is 7.56. The van der Waals surface area contributed by atoms with Crippen molar-refractivity contribution in [2.75, 3.05) is 17.6 Å². The van der Waals surface area contributed by atoms with Gasteiger partial charge in [-0.15, -0.1) is 0 Å². The van der Waals surface area contributed by atoms with Gasteiger partial charge in [0.05, 0.1) is 16.6 Å². The van der Waals surface area contributed by atoms with E-state index in [1.165, 1.54) is 54.6 Å². The molecule has 0 aromatic heterocycles. The van der Waals surface area contributed by atoms with Gasteiger partial charge >= 0.3 is 6.18 Å². The van der Waals surface area contributed by atoms with Crippen molar-refractivity contribution in [3.63, 3.8) is 0 Å². The Kier molecular flexibility index (Phi) is 5.51. The molecule has 0 saturated heterocycles. The maximum absolute atomic E-state index is 14.2. The summed E-state index contributed by atoms with van der Waals surface area (Å²) in [6.07, 6.45) is -4.63. The summed E-state index contributed by atoms with van der Waals surface area (Å²) in [4.78, 5) is 0.00165. The molecule has 0 saturated carbocycles. The minimum atomic E-state index is -4.63. The van der Waals surface area contributed by atoms with Crippen LogP contribution in [0.25, 0.3) is 11.1 Å². The van der Waals surface area contributed by atoms with Gasteiger partial charge in [-0.3, -0.25) is 0 Å². The van der Waals surface area contributed by atoms with E-state index in [0.29, 0.717) is 16.8 Å². The first-order valence-corrected chi connectivity index (χ1v) is 11.3. The van der Waals surface area contributed by atoms with E-state index < -0.39 is 39.4 Å². The minimum Gasteiger partial charge on any atom is -0.384 e. The van der Waals surface area contributed by atoms with Crippen LogP contribution in [-0.4, -0.2) is 26.9 Å². The zero-order valence-corrected chi connectivity index (χ0v) is 17.1. The van der Waals surface area contributed by atoms with Gasteiger partial charge in [0.15, 0.2) is 9.84 Å². The predicted molar refractivity (Wildman–Crippen MR) is 111 cm³/mol. The van der Waals surface area contributed by atoms with Gasteiger partial charge in [-0.05, 0) is 53.1 Å². The molecular weight excluding hydrogens is 430 g/mol. The molecule has 4 rings (SSSR count). The lowest BCUT2D eigenvalue weighted by molar-refractivity contribution is -0.160. The monoisotopic (exact) mass is 449 g/mol.